The molecule has 0 aliphatic heterocycles. The number of amides is 2. The van der Waals surface area contributed by atoms with Crippen molar-refractivity contribution in [2.75, 3.05) is 17.7 Å². The van der Waals surface area contributed by atoms with Crippen molar-refractivity contribution in [3.05, 3.63) is 88.8 Å². The highest BCUT2D eigenvalue weighted by Gasteiger charge is 2.15. The molecule has 5 aromatic rings. The van der Waals surface area contributed by atoms with Crippen LogP contribution in [-0.2, 0) is 6.54 Å². The molecule has 3 aromatic carbocycles. The highest BCUT2D eigenvalue weighted by atomic mass is 79.9. The second kappa shape index (κ2) is 9.15. The number of aryl methyl sites for hydroxylation is 1. The molecule has 2 heterocycles. The van der Waals surface area contributed by atoms with E-state index < -0.39 is 0 Å². The topological polar surface area (TPSA) is 81.1 Å². The lowest BCUT2D eigenvalue weighted by atomic mass is 10.1. The summed E-state index contributed by atoms with van der Waals surface area (Å²) >= 11 is 3.43. The Kier molecular flexibility index (Phi) is 5.90. The van der Waals surface area contributed by atoms with E-state index >= 15 is 0 Å². The van der Waals surface area contributed by atoms with Gasteiger partial charge >= 0.3 is 6.03 Å². The number of methoxy groups -OCH3 is 1. The number of nitrogens with zero attached hydrogens (tertiary/aromatic N) is 3. The van der Waals surface area contributed by atoms with E-state index in [2.05, 4.69) is 47.2 Å². The van der Waals surface area contributed by atoms with E-state index in [-0.39, 0.29) is 6.03 Å². The van der Waals surface area contributed by atoms with Gasteiger partial charge in [-0.05, 0) is 54.4 Å². The number of ether oxygens (including phenoxy) is 1. The number of urea groups is 1. The molecule has 0 aliphatic rings. The molecule has 8 heteroatoms. The number of hydrogen-bond donors (Lipinski definition) is 2. The van der Waals surface area contributed by atoms with Crippen molar-refractivity contribution < 1.29 is 9.53 Å². The van der Waals surface area contributed by atoms with E-state index in [0.717, 1.165) is 37.5 Å². The molecule has 0 saturated carbocycles. The van der Waals surface area contributed by atoms with E-state index in [1.165, 1.54) is 0 Å². The molecule has 0 unspecified atom stereocenters. The third-order valence-electron chi connectivity index (χ3n) is 5.73. The van der Waals surface area contributed by atoms with Crippen LogP contribution < -0.4 is 15.4 Å². The maximum atomic E-state index is 12.9. The molecule has 0 spiro atoms. The molecule has 0 saturated heterocycles. The van der Waals surface area contributed by atoms with Crippen molar-refractivity contribution in [2.24, 2.45) is 0 Å². The number of carbonyl (C=O) groups excluding carboxylic acids is 1. The number of pyridine rings is 1. The Hall–Kier alpha value is -3.91. The van der Waals surface area contributed by atoms with Gasteiger partial charge < -0.3 is 19.9 Å². The van der Waals surface area contributed by atoms with E-state index in [1.807, 2.05) is 55.6 Å². The van der Waals surface area contributed by atoms with Gasteiger partial charge in [0.15, 0.2) is 0 Å². The Morgan fingerprint density at radius 2 is 1.91 bits per heavy atom. The first-order valence-electron chi connectivity index (χ1n) is 10.7. The van der Waals surface area contributed by atoms with Gasteiger partial charge in [0.1, 0.15) is 11.3 Å². The fraction of sp³-hybridized carbons (Fsp3) is 0.115. The predicted molar refractivity (Wildman–Crippen MR) is 139 cm³/mol. The minimum absolute atomic E-state index is 0.373. The highest BCUT2D eigenvalue weighted by Crippen LogP contribution is 2.30. The van der Waals surface area contributed by atoms with Crippen LogP contribution in [0.3, 0.4) is 0 Å². The number of para-hydroxylation sites is 1. The van der Waals surface area contributed by atoms with Gasteiger partial charge in [0, 0.05) is 22.6 Å². The van der Waals surface area contributed by atoms with Crippen LogP contribution in [0, 0.1) is 6.92 Å². The smallest absolute Gasteiger partial charge is 0.323 e. The van der Waals surface area contributed by atoms with Crippen molar-refractivity contribution in [1.82, 2.24) is 14.5 Å². The summed E-state index contributed by atoms with van der Waals surface area (Å²) in [4.78, 5) is 22.0. The second-order valence-electron chi connectivity index (χ2n) is 7.91. The van der Waals surface area contributed by atoms with Crippen LogP contribution in [-0.4, -0.2) is 27.7 Å². The first-order valence-corrected chi connectivity index (χ1v) is 11.5. The largest absolute Gasteiger partial charge is 0.495 e. The maximum absolute atomic E-state index is 12.9. The van der Waals surface area contributed by atoms with Crippen LogP contribution >= 0.6 is 15.9 Å². The van der Waals surface area contributed by atoms with Gasteiger partial charge in [0.2, 0.25) is 0 Å². The predicted octanol–water partition coefficient (Wildman–Crippen LogP) is 6.36. The van der Waals surface area contributed by atoms with Gasteiger partial charge in [-0.25, -0.2) is 9.78 Å². The maximum Gasteiger partial charge on any atom is 0.323 e. The lowest BCUT2D eigenvalue weighted by molar-refractivity contribution is 0.262. The van der Waals surface area contributed by atoms with Crippen LogP contribution in [0.25, 0.3) is 21.9 Å². The zero-order chi connectivity index (χ0) is 23.7. The van der Waals surface area contributed by atoms with Crippen molar-refractivity contribution in [1.29, 1.82) is 0 Å². The summed E-state index contributed by atoms with van der Waals surface area (Å²) in [5.74, 6) is 0.571. The third-order valence-corrected chi connectivity index (χ3v) is 6.22. The Bertz CT molecular complexity index is 1520. The SMILES string of the molecule is COc1ccc(Br)cc1NC(=O)Nc1c(C)ccc2c1ncn2Cc1ccnc2ccccc12. The normalized spacial score (nSPS) is 11.0. The van der Waals surface area contributed by atoms with Crippen LogP contribution in [0.5, 0.6) is 5.75 Å². The number of rotatable bonds is 5. The zero-order valence-corrected chi connectivity index (χ0v) is 20.3. The number of benzene rings is 3. The van der Waals surface area contributed by atoms with Gasteiger partial charge in [-0.3, -0.25) is 4.98 Å². The fourth-order valence-corrected chi connectivity index (χ4v) is 4.40. The van der Waals surface area contributed by atoms with E-state index in [0.29, 0.717) is 23.7 Å². The quantitative estimate of drug-likeness (QED) is 0.285. The van der Waals surface area contributed by atoms with Crippen molar-refractivity contribution in [2.45, 2.75) is 13.5 Å². The number of imidazole rings is 1. The molecule has 0 aliphatic carbocycles. The van der Waals surface area contributed by atoms with Crippen molar-refractivity contribution >= 4 is 55.3 Å². The lowest BCUT2D eigenvalue weighted by Gasteiger charge is -2.14. The first kappa shape index (κ1) is 21.9. The average molecular weight is 516 g/mol. The molecular weight excluding hydrogens is 494 g/mol. The Morgan fingerprint density at radius 1 is 1.06 bits per heavy atom. The summed E-state index contributed by atoms with van der Waals surface area (Å²) in [7, 11) is 1.57. The van der Waals surface area contributed by atoms with Crippen LogP contribution in [0.2, 0.25) is 0 Å². The number of nitrogens with one attached hydrogen (secondary N) is 2. The summed E-state index contributed by atoms with van der Waals surface area (Å²) in [6.45, 7) is 2.59. The molecule has 0 atom stereocenters. The lowest BCUT2D eigenvalue weighted by Crippen LogP contribution is -2.20. The summed E-state index contributed by atoms with van der Waals surface area (Å²) in [6, 6.07) is 19.2. The molecule has 2 N–H and O–H groups in total. The number of fused-ring (bicyclic) bond motifs is 2. The summed E-state index contributed by atoms with van der Waals surface area (Å²) in [5, 5.41) is 6.95. The standard InChI is InChI=1S/C26H22BrN5O2/c1-16-7-9-22-25(24(16)31-26(33)30-21-13-18(27)8-10-23(21)34-2)29-15-32(22)14-17-11-12-28-20-6-4-3-5-19(17)20/h3-13,15H,14H2,1-2H3,(H2,30,31,33). The second-order valence-corrected chi connectivity index (χ2v) is 8.82. The molecule has 170 valence electrons. The van der Waals surface area contributed by atoms with E-state index in [9.17, 15) is 4.79 Å². The van der Waals surface area contributed by atoms with E-state index in [1.54, 1.807) is 25.6 Å². The Morgan fingerprint density at radius 3 is 2.76 bits per heavy atom. The molecular formula is C26H22BrN5O2. The van der Waals surface area contributed by atoms with Crippen LogP contribution in [0.4, 0.5) is 16.2 Å². The molecule has 5 rings (SSSR count). The Balaban J connectivity index is 1.45. The molecule has 7 nitrogen and oxygen atoms in total. The van der Waals surface area contributed by atoms with Crippen molar-refractivity contribution in [3.8, 4) is 5.75 Å². The van der Waals surface area contributed by atoms with Crippen LogP contribution in [0.15, 0.2) is 77.7 Å². The third kappa shape index (κ3) is 4.20. The molecule has 2 aromatic heterocycles. The molecule has 0 fully saturated rings. The molecule has 2 amide bonds. The average Bonchev–Trinajstić information content (AvgIpc) is 3.24. The van der Waals surface area contributed by atoms with Gasteiger partial charge in [0.05, 0.1) is 35.8 Å². The number of aromatic nitrogens is 3. The number of anilines is 2. The Labute approximate surface area is 204 Å². The summed E-state index contributed by atoms with van der Waals surface area (Å²) < 4.78 is 8.27. The van der Waals surface area contributed by atoms with E-state index in [4.69, 9.17) is 4.74 Å². The monoisotopic (exact) mass is 515 g/mol. The number of halogens is 1. The first-order chi connectivity index (χ1) is 16.5. The molecule has 34 heavy (non-hydrogen) atoms. The number of hydrogen-bond acceptors (Lipinski definition) is 4. The van der Waals surface area contributed by atoms with Gasteiger partial charge in [-0.2, -0.15) is 0 Å². The van der Waals surface area contributed by atoms with Gasteiger partial charge in [-0.1, -0.05) is 40.2 Å². The molecule has 0 radical (unpaired) electrons. The van der Waals surface area contributed by atoms with Gasteiger partial charge in [0.25, 0.3) is 0 Å². The highest BCUT2D eigenvalue weighted by molar-refractivity contribution is 9.10. The van der Waals surface area contributed by atoms with Crippen LogP contribution in [0.1, 0.15) is 11.1 Å². The minimum Gasteiger partial charge on any atom is -0.495 e. The number of carbonyl (C=O) groups is 1. The molecule has 0 bridgehead atoms. The van der Waals surface area contributed by atoms with Gasteiger partial charge in [-0.15, -0.1) is 0 Å². The zero-order valence-electron chi connectivity index (χ0n) is 18.7. The fourth-order valence-electron chi connectivity index (χ4n) is 4.04. The summed E-state index contributed by atoms with van der Waals surface area (Å²) in [5.41, 5.74) is 5.93. The van der Waals surface area contributed by atoms with Crippen molar-refractivity contribution in [3.63, 3.8) is 0 Å². The summed E-state index contributed by atoms with van der Waals surface area (Å²) in [6.07, 6.45) is 3.63. The minimum atomic E-state index is -0.373.